The van der Waals surface area contributed by atoms with Crippen molar-refractivity contribution >= 4 is 5.82 Å². The molecule has 0 bridgehead atoms. The second-order valence-corrected chi connectivity index (χ2v) is 9.19. The minimum absolute atomic E-state index is 0.00483. The van der Waals surface area contributed by atoms with Gasteiger partial charge in [0, 0.05) is 55.1 Å². The molecule has 0 amide bonds. The molecule has 3 atom stereocenters. The second-order valence-electron chi connectivity index (χ2n) is 9.19. The van der Waals surface area contributed by atoms with Crippen molar-refractivity contribution in [1.82, 2.24) is 30.2 Å². The standard InChI is InChI=1S/C24H26FN7/c1-15-18-13-29-23(22-27-7-3-8-28-22)30-19(18)5-9-32(15)21-11-17(25)10-20(31-21)24-6-2-4-16(24)12-26-14-24/h3,7-8,10-11,13,15-16,26H,2,4-6,9,12,14H2,1H3/t15-,16?,24?/m1/s1. The molecule has 164 valence electrons. The summed E-state index contributed by atoms with van der Waals surface area (Å²) in [7, 11) is 0. The van der Waals surface area contributed by atoms with E-state index in [0.717, 1.165) is 49.4 Å². The topological polar surface area (TPSA) is 79.7 Å². The zero-order valence-corrected chi connectivity index (χ0v) is 18.1. The number of hydrogen-bond acceptors (Lipinski definition) is 7. The fraction of sp³-hybridized carbons (Fsp3) is 0.458. The van der Waals surface area contributed by atoms with E-state index < -0.39 is 0 Å². The molecule has 8 heteroatoms. The summed E-state index contributed by atoms with van der Waals surface area (Å²) in [6, 6.07) is 5.01. The Bertz CT molecular complexity index is 1140. The summed E-state index contributed by atoms with van der Waals surface area (Å²) in [5.41, 5.74) is 2.92. The van der Waals surface area contributed by atoms with Gasteiger partial charge in [-0.15, -0.1) is 0 Å². The molecule has 2 aliphatic heterocycles. The predicted molar refractivity (Wildman–Crippen MR) is 119 cm³/mol. The van der Waals surface area contributed by atoms with E-state index in [0.29, 0.717) is 23.4 Å². The van der Waals surface area contributed by atoms with Crippen molar-refractivity contribution in [2.45, 2.75) is 44.1 Å². The van der Waals surface area contributed by atoms with Crippen molar-refractivity contribution < 1.29 is 4.39 Å². The molecule has 3 aromatic rings. The molecule has 1 saturated carbocycles. The normalized spacial score (nSPS) is 26.8. The molecular weight excluding hydrogens is 405 g/mol. The van der Waals surface area contributed by atoms with Crippen LogP contribution in [0.25, 0.3) is 11.6 Å². The van der Waals surface area contributed by atoms with Crippen molar-refractivity contribution in [2.75, 3.05) is 24.5 Å². The lowest BCUT2D eigenvalue weighted by Gasteiger charge is -2.36. The van der Waals surface area contributed by atoms with Gasteiger partial charge in [0.25, 0.3) is 0 Å². The summed E-state index contributed by atoms with van der Waals surface area (Å²) in [6.07, 6.45) is 9.45. The zero-order chi connectivity index (χ0) is 21.7. The predicted octanol–water partition coefficient (Wildman–Crippen LogP) is 3.23. The van der Waals surface area contributed by atoms with Gasteiger partial charge >= 0.3 is 0 Å². The Kier molecular flexibility index (Phi) is 4.64. The van der Waals surface area contributed by atoms with Gasteiger partial charge in [-0.3, -0.25) is 0 Å². The number of nitrogens with one attached hydrogen (secondary N) is 1. The number of hydrogen-bond donors (Lipinski definition) is 1. The Hall–Kier alpha value is -3.00. The number of pyridine rings is 1. The Balaban J connectivity index is 1.33. The quantitative estimate of drug-likeness (QED) is 0.682. The maximum Gasteiger partial charge on any atom is 0.197 e. The van der Waals surface area contributed by atoms with Crippen LogP contribution in [-0.4, -0.2) is 44.6 Å². The molecule has 0 radical (unpaired) electrons. The lowest BCUT2D eigenvalue weighted by Crippen LogP contribution is -2.37. The van der Waals surface area contributed by atoms with Crippen molar-refractivity contribution in [3.63, 3.8) is 0 Å². The van der Waals surface area contributed by atoms with Gasteiger partial charge in [-0.05, 0) is 44.4 Å². The van der Waals surface area contributed by atoms with Crippen LogP contribution in [0.5, 0.6) is 0 Å². The second kappa shape index (κ2) is 7.55. The summed E-state index contributed by atoms with van der Waals surface area (Å²) < 4.78 is 14.8. The highest BCUT2D eigenvalue weighted by Gasteiger charge is 2.48. The molecule has 5 heterocycles. The lowest BCUT2D eigenvalue weighted by atomic mass is 9.77. The van der Waals surface area contributed by atoms with E-state index in [2.05, 4.69) is 32.1 Å². The molecular formula is C24H26FN7. The smallest absolute Gasteiger partial charge is 0.197 e. The van der Waals surface area contributed by atoms with Gasteiger partial charge in [0.2, 0.25) is 0 Å². The highest BCUT2D eigenvalue weighted by Crippen LogP contribution is 2.48. The number of nitrogens with zero attached hydrogens (tertiary/aromatic N) is 6. The Morgan fingerprint density at radius 2 is 2.00 bits per heavy atom. The molecule has 0 spiro atoms. The molecule has 2 fully saturated rings. The average molecular weight is 432 g/mol. The summed E-state index contributed by atoms with van der Waals surface area (Å²) in [5.74, 6) is 2.12. The lowest BCUT2D eigenvalue weighted by molar-refractivity contribution is 0.387. The summed E-state index contributed by atoms with van der Waals surface area (Å²) >= 11 is 0. The molecule has 3 aromatic heterocycles. The molecule has 1 N–H and O–H groups in total. The van der Waals surface area contributed by atoms with Crippen LogP contribution in [0.3, 0.4) is 0 Å². The summed E-state index contributed by atoms with van der Waals surface area (Å²) in [6.45, 7) is 4.74. The fourth-order valence-corrected chi connectivity index (χ4v) is 5.86. The Morgan fingerprint density at radius 3 is 2.88 bits per heavy atom. The van der Waals surface area contributed by atoms with Crippen LogP contribution in [-0.2, 0) is 11.8 Å². The van der Waals surface area contributed by atoms with Crippen LogP contribution in [0.15, 0.2) is 36.8 Å². The molecule has 7 nitrogen and oxygen atoms in total. The fourth-order valence-electron chi connectivity index (χ4n) is 5.86. The van der Waals surface area contributed by atoms with Gasteiger partial charge in [-0.2, -0.15) is 0 Å². The first-order valence-electron chi connectivity index (χ1n) is 11.4. The Morgan fingerprint density at radius 1 is 1.12 bits per heavy atom. The van der Waals surface area contributed by atoms with E-state index >= 15 is 0 Å². The molecule has 6 rings (SSSR count). The summed E-state index contributed by atoms with van der Waals surface area (Å²) in [5, 5.41) is 3.52. The van der Waals surface area contributed by atoms with Crippen molar-refractivity contribution in [2.24, 2.45) is 5.92 Å². The number of anilines is 1. The van der Waals surface area contributed by atoms with E-state index in [1.807, 2.05) is 6.20 Å². The van der Waals surface area contributed by atoms with Crippen molar-refractivity contribution in [3.05, 3.63) is 59.6 Å². The van der Waals surface area contributed by atoms with Crippen LogP contribution >= 0.6 is 0 Å². The molecule has 32 heavy (non-hydrogen) atoms. The first-order valence-corrected chi connectivity index (χ1v) is 11.4. The molecule has 2 unspecified atom stereocenters. The third-order valence-electron chi connectivity index (χ3n) is 7.54. The molecule has 0 aromatic carbocycles. The van der Waals surface area contributed by atoms with Gasteiger partial charge in [-0.25, -0.2) is 29.3 Å². The average Bonchev–Trinajstić information content (AvgIpc) is 3.41. The third-order valence-corrected chi connectivity index (χ3v) is 7.54. The zero-order valence-electron chi connectivity index (χ0n) is 18.1. The van der Waals surface area contributed by atoms with Crippen molar-refractivity contribution in [3.8, 4) is 11.6 Å². The van der Waals surface area contributed by atoms with E-state index in [1.54, 1.807) is 30.6 Å². The van der Waals surface area contributed by atoms with Gasteiger partial charge in [0.05, 0.1) is 17.4 Å². The van der Waals surface area contributed by atoms with Crippen LogP contribution in [0.2, 0.25) is 0 Å². The minimum Gasteiger partial charge on any atom is -0.349 e. The number of halogens is 1. The van der Waals surface area contributed by atoms with Crippen LogP contribution in [0.1, 0.15) is 49.2 Å². The first kappa shape index (κ1) is 19.7. The number of rotatable bonds is 3. The van der Waals surface area contributed by atoms with Gasteiger partial charge < -0.3 is 10.2 Å². The molecule has 1 saturated heterocycles. The van der Waals surface area contributed by atoms with E-state index in [4.69, 9.17) is 9.97 Å². The van der Waals surface area contributed by atoms with Crippen LogP contribution < -0.4 is 10.2 Å². The minimum atomic E-state index is -0.206. The molecule has 1 aliphatic carbocycles. The third kappa shape index (κ3) is 3.08. The highest BCUT2D eigenvalue weighted by molar-refractivity contribution is 5.50. The van der Waals surface area contributed by atoms with Crippen molar-refractivity contribution in [1.29, 1.82) is 0 Å². The van der Waals surface area contributed by atoms with E-state index in [9.17, 15) is 4.39 Å². The maximum atomic E-state index is 14.8. The maximum absolute atomic E-state index is 14.8. The first-order chi connectivity index (χ1) is 15.6. The van der Waals surface area contributed by atoms with Crippen LogP contribution in [0, 0.1) is 11.7 Å². The highest BCUT2D eigenvalue weighted by atomic mass is 19.1. The van der Waals surface area contributed by atoms with Crippen LogP contribution in [0.4, 0.5) is 10.2 Å². The monoisotopic (exact) mass is 431 g/mol. The van der Waals surface area contributed by atoms with Gasteiger partial charge in [-0.1, -0.05) is 6.42 Å². The largest absolute Gasteiger partial charge is 0.349 e. The molecule has 3 aliphatic rings. The van der Waals surface area contributed by atoms with E-state index in [1.165, 1.54) is 12.8 Å². The summed E-state index contributed by atoms with van der Waals surface area (Å²) in [4.78, 5) is 25.0. The Labute approximate surface area is 186 Å². The number of fused-ring (bicyclic) bond motifs is 2. The van der Waals surface area contributed by atoms with Gasteiger partial charge in [0.15, 0.2) is 11.6 Å². The van der Waals surface area contributed by atoms with E-state index in [-0.39, 0.29) is 17.3 Å². The SMILES string of the molecule is C[C@@H]1c2cnc(-c3ncccn3)nc2CCN1c1cc(F)cc(C23CCCC2CNC3)n1. The number of aromatic nitrogens is 5. The van der Waals surface area contributed by atoms with Gasteiger partial charge in [0.1, 0.15) is 11.6 Å².